The Morgan fingerprint density at radius 3 is 2.75 bits per heavy atom. The molecule has 1 aromatic heterocycles. The van der Waals surface area contributed by atoms with Crippen LogP contribution >= 0.6 is 35.0 Å². The van der Waals surface area contributed by atoms with Crippen LogP contribution < -0.4 is 5.32 Å². The van der Waals surface area contributed by atoms with Gasteiger partial charge in [-0.15, -0.1) is 0 Å². The summed E-state index contributed by atoms with van der Waals surface area (Å²) in [4.78, 5) is 38.3. The quantitative estimate of drug-likeness (QED) is 0.721. The third-order valence-electron chi connectivity index (χ3n) is 4.24. The number of aryl methyl sites for hydroxylation is 1. The predicted octanol–water partition coefficient (Wildman–Crippen LogP) is 3.50. The van der Waals surface area contributed by atoms with Gasteiger partial charge >= 0.3 is 0 Å². The lowest BCUT2D eigenvalue weighted by molar-refractivity contribution is -0.122. The maximum absolute atomic E-state index is 12.5. The molecule has 0 spiro atoms. The first-order chi connectivity index (χ1) is 13.3. The Bertz CT molecular complexity index is 1000. The number of nitrogens with zero attached hydrogens (tertiary/aromatic N) is 3. The Labute approximate surface area is 175 Å². The highest BCUT2D eigenvalue weighted by molar-refractivity contribution is 8.18. The SMILES string of the molecule is Cc1c(C(=O)NCCN2C(=O)SC(=Cc3cccc(Cl)c3Cl)C2=O)cnn1C. The molecule has 7 nitrogen and oxygen atoms in total. The van der Waals surface area contributed by atoms with Crippen molar-refractivity contribution in [2.45, 2.75) is 6.92 Å². The second-order valence-corrected chi connectivity index (χ2v) is 7.78. The van der Waals surface area contributed by atoms with E-state index in [4.69, 9.17) is 23.2 Å². The molecule has 1 aliphatic heterocycles. The number of carbonyl (C=O) groups is 3. The molecule has 1 aliphatic rings. The molecule has 2 heterocycles. The van der Waals surface area contributed by atoms with Crippen molar-refractivity contribution in [3.63, 3.8) is 0 Å². The molecule has 1 fully saturated rings. The van der Waals surface area contributed by atoms with E-state index in [1.807, 2.05) is 0 Å². The average molecular weight is 439 g/mol. The molecule has 0 bridgehead atoms. The van der Waals surface area contributed by atoms with Crippen molar-refractivity contribution in [2.75, 3.05) is 13.1 Å². The predicted molar refractivity (Wildman–Crippen MR) is 109 cm³/mol. The first-order valence-corrected chi connectivity index (χ1v) is 9.83. The zero-order chi connectivity index (χ0) is 20.4. The molecule has 0 radical (unpaired) electrons. The van der Waals surface area contributed by atoms with Crippen LogP contribution in [0.5, 0.6) is 0 Å². The topological polar surface area (TPSA) is 84.3 Å². The van der Waals surface area contributed by atoms with Crippen LogP contribution in [0.15, 0.2) is 29.3 Å². The van der Waals surface area contributed by atoms with E-state index in [0.717, 1.165) is 22.4 Å². The first kappa shape index (κ1) is 20.4. The molecule has 3 rings (SSSR count). The number of carbonyl (C=O) groups excluding carboxylic acids is 3. The molecule has 1 saturated heterocycles. The number of imide groups is 1. The van der Waals surface area contributed by atoms with Crippen LogP contribution in [0.1, 0.15) is 21.6 Å². The number of amides is 3. The molecule has 1 aromatic carbocycles. The van der Waals surface area contributed by atoms with E-state index in [9.17, 15) is 14.4 Å². The summed E-state index contributed by atoms with van der Waals surface area (Å²) in [7, 11) is 1.74. The minimum atomic E-state index is -0.433. The summed E-state index contributed by atoms with van der Waals surface area (Å²) in [6, 6.07) is 5.05. The van der Waals surface area contributed by atoms with Crippen molar-refractivity contribution in [1.29, 1.82) is 0 Å². The van der Waals surface area contributed by atoms with Crippen molar-refractivity contribution >= 4 is 58.1 Å². The Morgan fingerprint density at radius 1 is 1.32 bits per heavy atom. The van der Waals surface area contributed by atoms with Crippen molar-refractivity contribution in [3.05, 3.63) is 56.2 Å². The van der Waals surface area contributed by atoms with Crippen LogP contribution in [0.4, 0.5) is 4.79 Å². The van der Waals surface area contributed by atoms with E-state index in [-0.39, 0.29) is 23.9 Å². The lowest BCUT2D eigenvalue weighted by Crippen LogP contribution is -2.37. The van der Waals surface area contributed by atoms with Crippen LogP contribution in [0.2, 0.25) is 10.0 Å². The van der Waals surface area contributed by atoms with Crippen molar-refractivity contribution < 1.29 is 14.4 Å². The van der Waals surface area contributed by atoms with Gasteiger partial charge in [0.25, 0.3) is 17.1 Å². The molecule has 0 unspecified atom stereocenters. The second-order valence-electron chi connectivity index (χ2n) is 6.00. The number of rotatable bonds is 5. The summed E-state index contributed by atoms with van der Waals surface area (Å²) in [5.74, 6) is -0.739. The van der Waals surface area contributed by atoms with Gasteiger partial charge in [0.2, 0.25) is 0 Å². The van der Waals surface area contributed by atoms with Crippen molar-refractivity contribution in [2.24, 2.45) is 7.05 Å². The molecule has 2 aromatic rings. The summed E-state index contributed by atoms with van der Waals surface area (Å²) in [5.41, 5.74) is 1.73. The number of thioether (sulfide) groups is 1. The minimum Gasteiger partial charge on any atom is -0.350 e. The number of nitrogens with one attached hydrogen (secondary N) is 1. The Hall–Kier alpha value is -2.29. The van der Waals surface area contributed by atoms with Gasteiger partial charge in [-0.3, -0.25) is 24.0 Å². The number of aromatic nitrogens is 2. The van der Waals surface area contributed by atoms with Gasteiger partial charge in [0.1, 0.15) is 0 Å². The summed E-state index contributed by atoms with van der Waals surface area (Å²) >= 11 is 12.9. The largest absolute Gasteiger partial charge is 0.350 e. The number of benzene rings is 1. The molecular weight excluding hydrogens is 423 g/mol. The Balaban J connectivity index is 1.64. The molecule has 146 valence electrons. The molecular formula is C18H16Cl2N4O3S. The lowest BCUT2D eigenvalue weighted by atomic mass is 10.2. The first-order valence-electron chi connectivity index (χ1n) is 8.25. The molecule has 0 atom stereocenters. The molecule has 1 N–H and O–H groups in total. The van der Waals surface area contributed by atoms with E-state index < -0.39 is 11.1 Å². The number of hydrogen-bond acceptors (Lipinski definition) is 5. The number of hydrogen-bond donors (Lipinski definition) is 1. The summed E-state index contributed by atoms with van der Waals surface area (Å²) < 4.78 is 1.59. The van der Waals surface area contributed by atoms with Crippen LogP contribution in [-0.4, -0.2) is 44.8 Å². The van der Waals surface area contributed by atoms with Gasteiger partial charge in [-0.1, -0.05) is 35.3 Å². The van der Waals surface area contributed by atoms with Gasteiger partial charge < -0.3 is 5.32 Å². The van der Waals surface area contributed by atoms with E-state index in [1.54, 1.807) is 36.9 Å². The third kappa shape index (κ3) is 4.09. The second kappa shape index (κ2) is 8.38. The normalized spacial score (nSPS) is 15.6. The molecule has 0 aliphatic carbocycles. The minimum absolute atomic E-state index is 0.0658. The fourth-order valence-corrected chi connectivity index (χ4v) is 3.78. The van der Waals surface area contributed by atoms with E-state index in [2.05, 4.69) is 10.4 Å². The van der Waals surface area contributed by atoms with Gasteiger partial charge in [0.05, 0.1) is 26.7 Å². The fraction of sp³-hybridized carbons (Fsp3) is 0.222. The van der Waals surface area contributed by atoms with Gasteiger partial charge in [-0.05, 0) is 36.4 Å². The van der Waals surface area contributed by atoms with Crippen LogP contribution in [0, 0.1) is 6.92 Å². The van der Waals surface area contributed by atoms with Gasteiger partial charge in [-0.2, -0.15) is 5.10 Å². The fourth-order valence-electron chi connectivity index (χ4n) is 2.56. The molecule has 0 saturated carbocycles. The van der Waals surface area contributed by atoms with E-state index in [0.29, 0.717) is 21.2 Å². The van der Waals surface area contributed by atoms with Gasteiger partial charge in [-0.25, -0.2) is 0 Å². The average Bonchev–Trinajstić information content (AvgIpc) is 3.12. The third-order valence-corrected chi connectivity index (χ3v) is 5.98. The van der Waals surface area contributed by atoms with Crippen molar-refractivity contribution in [3.8, 4) is 0 Å². The Morgan fingerprint density at radius 2 is 2.07 bits per heavy atom. The summed E-state index contributed by atoms with van der Waals surface area (Å²) in [6.45, 7) is 1.98. The molecule has 28 heavy (non-hydrogen) atoms. The van der Waals surface area contributed by atoms with E-state index in [1.165, 1.54) is 12.3 Å². The highest BCUT2D eigenvalue weighted by Crippen LogP contribution is 2.34. The maximum atomic E-state index is 12.5. The lowest BCUT2D eigenvalue weighted by Gasteiger charge is -2.13. The van der Waals surface area contributed by atoms with Crippen LogP contribution in [0.25, 0.3) is 6.08 Å². The number of halogens is 2. The molecule has 10 heteroatoms. The van der Waals surface area contributed by atoms with Crippen molar-refractivity contribution in [1.82, 2.24) is 20.0 Å². The summed E-state index contributed by atoms with van der Waals surface area (Å²) in [5, 5.41) is 6.99. The zero-order valence-corrected chi connectivity index (χ0v) is 17.4. The van der Waals surface area contributed by atoms with E-state index >= 15 is 0 Å². The summed E-state index contributed by atoms with van der Waals surface area (Å²) in [6.07, 6.45) is 3.01. The van der Waals surface area contributed by atoms with Gasteiger partial charge in [0, 0.05) is 25.8 Å². The van der Waals surface area contributed by atoms with Crippen LogP contribution in [0.3, 0.4) is 0 Å². The standard InChI is InChI=1S/C18H16Cl2N4O3S/c1-10-12(9-22-23(10)2)16(25)21-6-7-24-17(26)14(28-18(24)27)8-11-4-3-5-13(19)15(11)20/h3-5,8-9H,6-7H2,1-2H3,(H,21,25). The highest BCUT2D eigenvalue weighted by atomic mass is 35.5. The zero-order valence-electron chi connectivity index (χ0n) is 15.0. The maximum Gasteiger partial charge on any atom is 0.293 e. The highest BCUT2D eigenvalue weighted by Gasteiger charge is 2.34. The monoisotopic (exact) mass is 438 g/mol. The molecule has 3 amide bonds. The van der Waals surface area contributed by atoms with Gasteiger partial charge in [0.15, 0.2) is 0 Å². The smallest absolute Gasteiger partial charge is 0.293 e. The van der Waals surface area contributed by atoms with Crippen LogP contribution in [-0.2, 0) is 11.8 Å². The Kier molecular flexibility index (Phi) is 6.12.